The first-order valence-corrected chi connectivity index (χ1v) is 10.4. The van der Waals surface area contributed by atoms with Gasteiger partial charge in [-0.15, -0.1) is 0 Å². The summed E-state index contributed by atoms with van der Waals surface area (Å²) in [6, 6.07) is 13.0. The van der Waals surface area contributed by atoms with E-state index >= 15 is 0 Å². The molecular weight excluding hydrogens is 396 g/mol. The van der Waals surface area contributed by atoms with Gasteiger partial charge in [0.2, 0.25) is 11.8 Å². The van der Waals surface area contributed by atoms with Crippen molar-refractivity contribution in [2.45, 2.75) is 32.2 Å². The lowest BCUT2D eigenvalue weighted by Crippen LogP contribution is -2.38. The number of anilines is 1. The van der Waals surface area contributed by atoms with Gasteiger partial charge in [-0.3, -0.25) is 9.59 Å². The first kappa shape index (κ1) is 22.5. The van der Waals surface area contributed by atoms with E-state index in [1.165, 1.54) is 0 Å². The highest BCUT2D eigenvalue weighted by Crippen LogP contribution is 2.28. The lowest BCUT2D eigenvalue weighted by molar-refractivity contribution is -0.126. The van der Waals surface area contributed by atoms with Crippen molar-refractivity contribution in [3.8, 4) is 17.2 Å². The van der Waals surface area contributed by atoms with Crippen molar-refractivity contribution in [2.75, 3.05) is 32.8 Å². The summed E-state index contributed by atoms with van der Waals surface area (Å²) in [7, 11) is 4.85. The SMILES string of the molecule is COc1ccc(N2CC(C(=O)NC(C)CCc3ccc(OC)cc3OC)CC2=O)cc1. The number of rotatable bonds is 9. The summed E-state index contributed by atoms with van der Waals surface area (Å²) in [5.41, 5.74) is 1.84. The molecule has 31 heavy (non-hydrogen) atoms. The zero-order valence-electron chi connectivity index (χ0n) is 18.5. The van der Waals surface area contributed by atoms with E-state index in [1.807, 2.05) is 49.4 Å². The number of amides is 2. The van der Waals surface area contributed by atoms with Crippen molar-refractivity contribution in [3.05, 3.63) is 48.0 Å². The number of methoxy groups -OCH3 is 3. The molecule has 1 heterocycles. The van der Waals surface area contributed by atoms with Crippen LogP contribution in [0.4, 0.5) is 5.69 Å². The predicted octanol–water partition coefficient (Wildman–Crippen LogP) is 3.20. The number of aryl methyl sites for hydroxylation is 1. The summed E-state index contributed by atoms with van der Waals surface area (Å²) in [6.07, 6.45) is 1.74. The minimum Gasteiger partial charge on any atom is -0.497 e. The normalized spacial score (nSPS) is 16.7. The summed E-state index contributed by atoms with van der Waals surface area (Å²) in [5.74, 6) is 1.77. The molecule has 0 bridgehead atoms. The summed E-state index contributed by atoms with van der Waals surface area (Å²) in [4.78, 5) is 26.9. The number of nitrogens with one attached hydrogen (secondary N) is 1. The van der Waals surface area contributed by atoms with Crippen molar-refractivity contribution < 1.29 is 23.8 Å². The highest BCUT2D eigenvalue weighted by atomic mass is 16.5. The molecule has 1 N–H and O–H groups in total. The van der Waals surface area contributed by atoms with E-state index in [0.29, 0.717) is 6.54 Å². The van der Waals surface area contributed by atoms with E-state index in [1.54, 1.807) is 26.2 Å². The molecule has 3 rings (SSSR count). The molecule has 7 heteroatoms. The molecule has 2 aromatic rings. The molecule has 7 nitrogen and oxygen atoms in total. The van der Waals surface area contributed by atoms with E-state index in [-0.39, 0.29) is 30.2 Å². The number of hydrogen-bond acceptors (Lipinski definition) is 5. The van der Waals surface area contributed by atoms with Gasteiger partial charge in [0.25, 0.3) is 0 Å². The molecule has 0 aromatic heterocycles. The number of carbonyl (C=O) groups excluding carboxylic acids is 2. The maximum atomic E-state index is 12.7. The fourth-order valence-electron chi connectivity index (χ4n) is 3.76. The highest BCUT2D eigenvalue weighted by molar-refractivity contribution is 6.00. The summed E-state index contributed by atoms with van der Waals surface area (Å²) in [6.45, 7) is 2.36. The van der Waals surface area contributed by atoms with Gasteiger partial charge in [-0.05, 0) is 55.7 Å². The maximum absolute atomic E-state index is 12.7. The molecule has 0 aliphatic carbocycles. The van der Waals surface area contributed by atoms with Crippen LogP contribution in [0.5, 0.6) is 17.2 Å². The van der Waals surface area contributed by atoms with E-state index in [9.17, 15) is 9.59 Å². The van der Waals surface area contributed by atoms with E-state index in [4.69, 9.17) is 14.2 Å². The van der Waals surface area contributed by atoms with Crippen LogP contribution in [-0.2, 0) is 16.0 Å². The van der Waals surface area contributed by atoms with Gasteiger partial charge in [-0.1, -0.05) is 6.07 Å². The topological polar surface area (TPSA) is 77.1 Å². The van der Waals surface area contributed by atoms with Crippen LogP contribution in [0.2, 0.25) is 0 Å². The number of benzene rings is 2. The minimum atomic E-state index is -0.354. The van der Waals surface area contributed by atoms with Crippen LogP contribution in [0.15, 0.2) is 42.5 Å². The predicted molar refractivity (Wildman–Crippen MR) is 119 cm³/mol. The van der Waals surface area contributed by atoms with Crippen LogP contribution in [-0.4, -0.2) is 45.7 Å². The maximum Gasteiger partial charge on any atom is 0.227 e. The smallest absolute Gasteiger partial charge is 0.227 e. The van der Waals surface area contributed by atoms with Gasteiger partial charge in [0, 0.05) is 30.8 Å². The standard InChI is InChI=1S/C24H30N2O5/c1-16(5-6-17-7-10-21(30-3)14-22(17)31-4)25-24(28)18-13-23(27)26(15-18)19-8-11-20(29-2)12-9-19/h7-12,14,16,18H,5-6,13,15H2,1-4H3,(H,25,28). The first-order valence-electron chi connectivity index (χ1n) is 10.4. The average molecular weight is 427 g/mol. The molecule has 1 saturated heterocycles. The molecular formula is C24H30N2O5. The van der Waals surface area contributed by atoms with Gasteiger partial charge in [-0.25, -0.2) is 0 Å². The second-order valence-electron chi connectivity index (χ2n) is 7.73. The Morgan fingerprint density at radius 3 is 2.39 bits per heavy atom. The largest absolute Gasteiger partial charge is 0.497 e. The fraction of sp³-hybridized carbons (Fsp3) is 0.417. The van der Waals surface area contributed by atoms with E-state index in [2.05, 4.69) is 5.32 Å². The summed E-state index contributed by atoms with van der Waals surface area (Å²) in [5, 5.41) is 3.06. The molecule has 2 unspecified atom stereocenters. The first-order chi connectivity index (χ1) is 14.9. The van der Waals surface area contributed by atoms with Gasteiger partial charge in [-0.2, -0.15) is 0 Å². The van der Waals surface area contributed by atoms with Crippen molar-refractivity contribution >= 4 is 17.5 Å². The lowest BCUT2D eigenvalue weighted by Gasteiger charge is -2.19. The van der Waals surface area contributed by atoms with Gasteiger partial charge in [0.1, 0.15) is 17.2 Å². The molecule has 0 spiro atoms. The Morgan fingerprint density at radius 1 is 1.06 bits per heavy atom. The van der Waals surface area contributed by atoms with Crippen molar-refractivity contribution in [2.24, 2.45) is 5.92 Å². The van der Waals surface area contributed by atoms with Crippen LogP contribution in [0.3, 0.4) is 0 Å². The third-order valence-electron chi connectivity index (χ3n) is 5.61. The van der Waals surface area contributed by atoms with Crippen LogP contribution < -0.4 is 24.4 Å². The summed E-state index contributed by atoms with van der Waals surface area (Å²) < 4.78 is 15.8. The molecule has 2 amide bonds. The Kier molecular flexibility index (Phi) is 7.39. The Labute approximate surface area is 183 Å². The van der Waals surface area contributed by atoms with Gasteiger partial charge in [0.05, 0.1) is 27.2 Å². The minimum absolute atomic E-state index is 0.0237. The van der Waals surface area contributed by atoms with E-state index < -0.39 is 0 Å². The van der Waals surface area contributed by atoms with Crippen LogP contribution in [0, 0.1) is 5.92 Å². The van der Waals surface area contributed by atoms with Gasteiger partial charge in [0.15, 0.2) is 0 Å². The Hall–Kier alpha value is -3.22. The van der Waals surface area contributed by atoms with Crippen molar-refractivity contribution in [3.63, 3.8) is 0 Å². The Morgan fingerprint density at radius 2 is 1.74 bits per heavy atom. The van der Waals surface area contributed by atoms with Crippen LogP contribution in [0.1, 0.15) is 25.3 Å². The molecule has 2 aromatic carbocycles. The molecule has 166 valence electrons. The van der Waals surface area contributed by atoms with Crippen LogP contribution in [0.25, 0.3) is 0 Å². The second kappa shape index (κ2) is 10.2. The number of nitrogens with zero attached hydrogens (tertiary/aromatic N) is 1. The van der Waals surface area contributed by atoms with Gasteiger partial charge < -0.3 is 24.4 Å². The zero-order valence-corrected chi connectivity index (χ0v) is 18.5. The second-order valence-corrected chi connectivity index (χ2v) is 7.73. The van der Waals surface area contributed by atoms with E-state index in [0.717, 1.165) is 41.3 Å². The molecule has 0 radical (unpaired) electrons. The molecule has 1 fully saturated rings. The van der Waals surface area contributed by atoms with Crippen molar-refractivity contribution in [1.82, 2.24) is 5.32 Å². The fourth-order valence-corrected chi connectivity index (χ4v) is 3.76. The monoisotopic (exact) mass is 426 g/mol. The van der Waals surface area contributed by atoms with Gasteiger partial charge >= 0.3 is 0 Å². The number of carbonyl (C=O) groups is 2. The summed E-state index contributed by atoms with van der Waals surface area (Å²) >= 11 is 0. The molecule has 1 aliphatic rings. The number of ether oxygens (including phenoxy) is 3. The Balaban J connectivity index is 1.53. The molecule has 1 aliphatic heterocycles. The average Bonchev–Trinajstić information content (AvgIpc) is 3.19. The third kappa shape index (κ3) is 5.48. The molecule has 0 saturated carbocycles. The molecule has 2 atom stereocenters. The Bertz CT molecular complexity index is 913. The zero-order chi connectivity index (χ0) is 22.4. The number of hydrogen-bond donors (Lipinski definition) is 1. The van der Waals surface area contributed by atoms with Crippen LogP contribution >= 0.6 is 0 Å². The lowest BCUT2D eigenvalue weighted by atomic mass is 10.0. The third-order valence-corrected chi connectivity index (χ3v) is 5.61. The van der Waals surface area contributed by atoms with Crippen molar-refractivity contribution in [1.29, 1.82) is 0 Å². The quantitative estimate of drug-likeness (QED) is 0.666. The highest BCUT2D eigenvalue weighted by Gasteiger charge is 2.35.